The standard InChI is InChI=1S/C31H31F3N4O5/c1-29(2)16-43-27-22(29)13-24(36-26(27)17-5-9-21(41-3)10-6-17)30(40,31(32,33)34)15-35-28(39)18-11-19-14-38(20-7-8-20)37-25(19)23(12-18)42-4/h5-6,9-14,20,40H,7-8,15-16H2,1-4H3,(H,35,39)/t30-/m0/s1. The number of hydrogen-bond acceptors (Lipinski definition) is 7. The van der Waals surface area contributed by atoms with Crippen LogP contribution in [0.3, 0.4) is 0 Å². The summed E-state index contributed by atoms with van der Waals surface area (Å²) >= 11 is 0. The predicted molar refractivity (Wildman–Crippen MR) is 152 cm³/mol. The fraction of sp³-hybridized carbons (Fsp3) is 0.387. The van der Waals surface area contributed by atoms with Crippen molar-refractivity contribution in [3.8, 4) is 28.5 Å². The maximum absolute atomic E-state index is 14.7. The van der Waals surface area contributed by atoms with Crippen molar-refractivity contribution in [2.75, 3.05) is 27.4 Å². The highest BCUT2D eigenvalue weighted by atomic mass is 19.4. The molecule has 4 aromatic rings. The van der Waals surface area contributed by atoms with E-state index in [0.29, 0.717) is 39.3 Å². The van der Waals surface area contributed by atoms with Gasteiger partial charge in [0.1, 0.15) is 28.5 Å². The maximum atomic E-state index is 14.7. The summed E-state index contributed by atoms with van der Waals surface area (Å²) in [5.74, 6) is 0.406. The van der Waals surface area contributed by atoms with Crippen molar-refractivity contribution in [3.63, 3.8) is 0 Å². The number of alkyl halides is 3. The van der Waals surface area contributed by atoms with Crippen LogP contribution < -0.4 is 19.5 Å². The summed E-state index contributed by atoms with van der Waals surface area (Å²) in [5.41, 5.74) is -3.09. The highest BCUT2D eigenvalue weighted by molar-refractivity contribution is 6.00. The SMILES string of the molecule is COc1ccc(-c2nc([C@@](O)(CNC(=O)c3cc(OC)c4nn(C5CC5)cc4c3)C(F)(F)F)cc3c2OCC3(C)C)cc1. The lowest BCUT2D eigenvalue weighted by atomic mass is 9.84. The van der Waals surface area contributed by atoms with Gasteiger partial charge in [-0.2, -0.15) is 18.3 Å². The molecule has 0 radical (unpaired) electrons. The number of nitrogens with zero attached hydrogens (tertiary/aromatic N) is 3. The number of hydrogen-bond donors (Lipinski definition) is 2. The lowest BCUT2D eigenvalue weighted by Crippen LogP contribution is -2.51. The third kappa shape index (κ3) is 5.03. The van der Waals surface area contributed by atoms with Crippen LogP contribution in [0.2, 0.25) is 0 Å². The number of pyridine rings is 1. The molecule has 2 aromatic heterocycles. The number of ether oxygens (including phenoxy) is 3. The number of aromatic nitrogens is 3. The number of halogens is 3. The van der Waals surface area contributed by atoms with Gasteiger partial charge in [-0.05, 0) is 55.3 Å². The Bertz CT molecular complexity index is 1710. The van der Waals surface area contributed by atoms with Crippen LogP contribution >= 0.6 is 0 Å². The molecule has 9 nitrogen and oxygen atoms in total. The van der Waals surface area contributed by atoms with E-state index >= 15 is 0 Å². The van der Waals surface area contributed by atoms with E-state index in [1.165, 1.54) is 26.4 Å². The first kappa shape index (κ1) is 28.8. The van der Waals surface area contributed by atoms with Crippen molar-refractivity contribution in [2.45, 2.75) is 49.9 Å². The first-order valence-electron chi connectivity index (χ1n) is 13.8. The van der Waals surface area contributed by atoms with Gasteiger partial charge in [-0.25, -0.2) is 4.98 Å². The van der Waals surface area contributed by atoms with Gasteiger partial charge in [0.05, 0.1) is 39.1 Å². The number of rotatable bonds is 8. The van der Waals surface area contributed by atoms with Crippen LogP contribution in [0.1, 0.15) is 54.3 Å². The minimum atomic E-state index is -5.19. The molecule has 1 saturated carbocycles. The fourth-order valence-electron chi connectivity index (χ4n) is 5.25. The molecule has 2 aliphatic rings. The average molecular weight is 597 g/mol. The van der Waals surface area contributed by atoms with Crippen LogP contribution in [0, 0.1) is 0 Å². The fourth-order valence-corrected chi connectivity index (χ4v) is 5.25. The molecule has 43 heavy (non-hydrogen) atoms. The largest absolute Gasteiger partial charge is 0.497 e. The monoisotopic (exact) mass is 596 g/mol. The number of nitrogens with one attached hydrogen (secondary N) is 1. The summed E-state index contributed by atoms with van der Waals surface area (Å²) in [4.78, 5) is 17.5. The average Bonchev–Trinajstić information content (AvgIpc) is 3.67. The van der Waals surface area contributed by atoms with Gasteiger partial charge in [0.15, 0.2) is 0 Å². The second kappa shape index (κ2) is 10.1. The van der Waals surface area contributed by atoms with Gasteiger partial charge in [0.25, 0.3) is 5.91 Å². The highest BCUT2D eigenvalue weighted by Crippen LogP contribution is 2.47. The van der Waals surface area contributed by atoms with E-state index in [9.17, 15) is 23.1 Å². The molecule has 1 fully saturated rings. The highest BCUT2D eigenvalue weighted by Gasteiger charge is 2.57. The van der Waals surface area contributed by atoms with Gasteiger partial charge in [-0.1, -0.05) is 13.8 Å². The van der Waals surface area contributed by atoms with E-state index in [0.717, 1.165) is 12.8 Å². The Hall–Kier alpha value is -4.32. The van der Waals surface area contributed by atoms with Gasteiger partial charge < -0.3 is 24.6 Å². The summed E-state index contributed by atoms with van der Waals surface area (Å²) in [6, 6.07) is 11.1. The molecule has 1 atom stereocenters. The Balaban J connectivity index is 1.37. The zero-order chi connectivity index (χ0) is 30.7. The van der Waals surface area contributed by atoms with Crippen LogP contribution in [0.5, 0.6) is 17.2 Å². The second-order valence-electron chi connectivity index (χ2n) is 11.6. The van der Waals surface area contributed by atoms with E-state index in [1.807, 2.05) is 18.5 Å². The quantitative estimate of drug-likeness (QED) is 0.284. The first-order valence-corrected chi connectivity index (χ1v) is 13.8. The van der Waals surface area contributed by atoms with E-state index < -0.39 is 35.3 Å². The minimum absolute atomic E-state index is 0.0691. The van der Waals surface area contributed by atoms with Crippen LogP contribution in [-0.2, 0) is 11.0 Å². The third-order valence-electron chi connectivity index (χ3n) is 8.03. The van der Waals surface area contributed by atoms with E-state index in [-0.39, 0.29) is 23.9 Å². The lowest BCUT2D eigenvalue weighted by Gasteiger charge is -2.31. The van der Waals surface area contributed by atoms with Gasteiger partial charge in [0.2, 0.25) is 5.60 Å². The predicted octanol–water partition coefficient (Wildman–Crippen LogP) is 5.30. The van der Waals surface area contributed by atoms with Crippen LogP contribution in [0.4, 0.5) is 13.2 Å². The molecule has 3 heterocycles. The molecule has 6 rings (SSSR count). The molecule has 0 unspecified atom stereocenters. The zero-order valence-electron chi connectivity index (χ0n) is 24.1. The van der Waals surface area contributed by atoms with Gasteiger partial charge >= 0.3 is 6.18 Å². The van der Waals surface area contributed by atoms with Crippen LogP contribution in [-0.4, -0.2) is 59.3 Å². The molecular weight excluding hydrogens is 565 g/mol. The number of carbonyl (C=O) groups is 1. The third-order valence-corrected chi connectivity index (χ3v) is 8.03. The molecule has 1 aliphatic heterocycles. The molecule has 1 aliphatic carbocycles. The maximum Gasteiger partial charge on any atom is 0.424 e. The van der Waals surface area contributed by atoms with E-state index in [4.69, 9.17) is 14.2 Å². The van der Waals surface area contributed by atoms with Gasteiger partial charge in [-0.3, -0.25) is 9.48 Å². The van der Waals surface area contributed by atoms with Crippen LogP contribution in [0.25, 0.3) is 22.2 Å². The Morgan fingerprint density at radius 2 is 1.86 bits per heavy atom. The van der Waals surface area contributed by atoms with Crippen molar-refractivity contribution in [3.05, 3.63) is 65.5 Å². The van der Waals surface area contributed by atoms with Crippen molar-refractivity contribution in [1.82, 2.24) is 20.1 Å². The number of fused-ring (bicyclic) bond motifs is 2. The number of amides is 1. The van der Waals surface area contributed by atoms with Crippen molar-refractivity contribution in [1.29, 1.82) is 0 Å². The molecule has 226 valence electrons. The molecule has 2 aromatic carbocycles. The number of benzene rings is 2. The number of carbonyl (C=O) groups excluding carboxylic acids is 1. The van der Waals surface area contributed by atoms with Gasteiger partial charge in [-0.15, -0.1) is 0 Å². The first-order chi connectivity index (χ1) is 20.3. The van der Waals surface area contributed by atoms with Gasteiger partial charge in [0, 0.05) is 33.7 Å². The molecule has 0 saturated heterocycles. The Morgan fingerprint density at radius 1 is 1.14 bits per heavy atom. The molecule has 2 N–H and O–H groups in total. The normalized spacial score (nSPS) is 17.2. The molecule has 0 bridgehead atoms. The Labute approximate surface area is 245 Å². The van der Waals surface area contributed by atoms with E-state index in [1.54, 1.807) is 36.5 Å². The van der Waals surface area contributed by atoms with Crippen molar-refractivity contribution in [2.24, 2.45) is 0 Å². The zero-order valence-corrected chi connectivity index (χ0v) is 24.1. The molecule has 0 spiro atoms. The van der Waals surface area contributed by atoms with Crippen molar-refractivity contribution >= 4 is 16.8 Å². The molecule has 12 heteroatoms. The molecule has 1 amide bonds. The Kier molecular flexibility index (Phi) is 6.79. The molecular formula is C31H31F3N4O5. The van der Waals surface area contributed by atoms with Crippen molar-refractivity contribution < 1.29 is 37.3 Å². The summed E-state index contributed by atoms with van der Waals surface area (Å²) in [6.07, 6.45) is -1.40. The second-order valence-corrected chi connectivity index (χ2v) is 11.6. The van der Waals surface area contributed by atoms with E-state index in [2.05, 4.69) is 15.4 Å². The lowest BCUT2D eigenvalue weighted by molar-refractivity contribution is -0.265. The number of aliphatic hydroxyl groups is 1. The topological polar surface area (TPSA) is 108 Å². The Morgan fingerprint density at radius 3 is 2.49 bits per heavy atom. The smallest absolute Gasteiger partial charge is 0.424 e. The van der Waals surface area contributed by atoms with Crippen LogP contribution in [0.15, 0.2) is 48.7 Å². The summed E-state index contributed by atoms with van der Waals surface area (Å²) in [5, 5.41) is 18.7. The summed E-state index contributed by atoms with van der Waals surface area (Å²) < 4.78 is 62.5. The minimum Gasteiger partial charge on any atom is -0.497 e. The number of methoxy groups -OCH3 is 2. The summed E-state index contributed by atoms with van der Waals surface area (Å²) in [7, 11) is 2.93. The summed E-state index contributed by atoms with van der Waals surface area (Å²) in [6.45, 7) is 2.72.